The van der Waals surface area contributed by atoms with Gasteiger partial charge in [0.15, 0.2) is 0 Å². The van der Waals surface area contributed by atoms with Gasteiger partial charge in [-0.3, -0.25) is 4.79 Å². The van der Waals surface area contributed by atoms with E-state index in [9.17, 15) is 4.79 Å². The predicted octanol–water partition coefficient (Wildman–Crippen LogP) is 4.54. The second-order valence-corrected chi connectivity index (χ2v) is 9.46. The monoisotopic (exact) mass is 451 g/mol. The summed E-state index contributed by atoms with van der Waals surface area (Å²) in [6.07, 6.45) is 5.16. The van der Waals surface area contributed by atoms with Gasteiger partial charge < -0.3 is 24.4 Å². The molecule has 1 aromatic heterocycles. The number of rotatable bonds is 4. The van der Waals surface area contributed by atoms with Crippen LogP contribution in [-0.4, -0.2) is 49.0 Å². The normalized spacial score (nSPS) is 25.1. The molecule has 33 heavy (non-hydrogen) atoms. The van der Waals surface area contributed by atoms with Crippen molar-refractivity contribution in [3.63, 3.8) is 0 Å². The van der Waals surface area contributed by atoms with Crippen LogP contribution in [0.25, 0.3) is 0 Å². The fraction of sp³-hybridized carbons (Fsp3) is 0.538. The minimum Gasteiger partial charge on any atom is -0.381 e. The highest BCUT2D eigenvalue weighted by molar-refractivity contribution is 6.01. The van der Waals surface area contributed by atoms with Crippen LogP contribution >= 0.6 is 0 Å². The number of aromatic nitrogens is 1. The van der Waals surface area contributed by atoms with Crippen LogP contribution in [0.4, 0.5) is 17.2 Å². The van der Waals surface area contributed by atoms with Crippen molar-refractivity contribution < 1.29 is 19.0 Å². The summed E-state index contributed by atoms with van der Waals surface area (Å²) < 4.78 is 17.6. The Morgan fingerprint density at radius 1 is 1.21 bits per heavy atom. The van der Waals surface area contributed by atoms with Crippen LogP contribution < -0.4 is 10.2 Å². The third-order valence-electron chi connectivity index (χ3n) is 6.66. The number of hydrogen-bond acceptors (Lipinski definition) is 6. The second kappa shape index (κ2) is 9.79. The van der Waals surface area contributed by atoms with E-state index in [4.69, 9.17) is 14.2 Å². The zero-order valence-corrected chi connectivity index (χ0v) is 19.5. The van der Waals surface area contributed by atoms with Crippen LogP contribution in [0.1, 0.15) is 56.6 Å². The first-order chi connectivity index (χ1) is 16.1. The number of fused-ring (bicyclic) bond motifs is 2. The summed E-state index contributed by atoms with van der Waals surface area (Å²) in [6, 6.07) is 10.3. The maximum atomic E-state index is 13.8. The lowest BCUT2D eigenvalue weighted by molar-refractivity contribution is -0.143. The van der Waals surface area contributed by atoms with Crippen LogP contribution in [-0.2, 0) is 25.5 Å². The average molecular weight is 452 g/mol. The molecule has 0 spiro atoms. The Labute approximate surface area is 195 Å². The summed E-state index contributed by atoms with van der Waals surface area (Å²) in [5.41, 5.74) is 3.96. The van der Waals surface area contributed by atoms with Crippen LogP contribution in [0.3, 0.4) is 0 Å². The number of amides is 1. The van der Waals surface area contributed by atoms with Gasteiger partial charge in [0.2, 0.25) is 0 Å². The molecule has 3 aliphatic heterocycles. The minimum atomic E-state index is -0.468. The molecular weight excluding hydrogens is 418 g/mol. The summed E-state index contributed by atoms with van der Waals surface area (Å²) >= 11 is 0. The number of hydrogen-bond donors (Lipinski definition) is 1. The fourth-order valence-corrected chi connectivity index (χ4v) is 4.98. The zero-order valence-electron chi connectivity index (χ0n) is 19.5. The van der Waals surface area contributed by atoms with Crippen molar-refractivity contribution in [2.45, 2.75) is 70.3 Å². The van der Waals surface area contributed by atoms with E-state index in [0.29, 0.717) is 25.5 Å². The van der Waals surface area contributed by atoms with Crippen molar-refractivity contribution in [1.82, 2.24) is 4.98 Å². The van der Waals surface area contributed by atoms with Gasteiger partial charge in [0.05, 0.1) is 43.3 Å². The number of nitrogens with one attached hydrogen (secondary N) is 1. The summed E-state index contributed by atoms with van der Waals surface area (Å²) in [4.78, 5) is 20.2. The van der Waals surface area contributed by atoms with Crippen molar-refractivity contribution in [3.05, 3.63) is 47.7 Å². The van der Waals surface area contributed by atoms with E-state index >= 15 is 0 Å². The van der Waals surface area contributed by atoms with Gasteiger partial charge in [-0.15, -0.1) is 0 Å². The van der Waals surface area contributed by atoms with E-state index in [1.165, 1.54) is 5.56 Å². The van der Waals surface area contributed by atoms with Crippen LogP contribution in [0, 0.1) is 0 Å². The third-order valence-corrected chi connectivity index (χ3v) is 6.66. The van der Waals surface area contributed by atoms with E-state index in [1.807, 2.05) is 30.9 Å². The summed E-state index contributed by atoms with van der Waals surface area (Å²) in [7, 11) is 0. The molecule has 2 aromatic rings. The molecule has 2 unspecified atom stereocenters. The van der Waals surface area contributed by atoms with Gasteiger partial charge in [-0.1, -0.05) is 12.1 Å². The summed E-state index contributed by atoms with van der Waals surface area (Å²) in [5.74, 6) is 1.14. The first kappa shape index (κ1) is 22.3. The number of ether oxygens (including phenoxy) is 3. The maximum Gasteiger partial charge on any atom is 0.256 e. The van der Waals surface area contributed by atoms with Crippen molar-refractivity contribution in [3.8, 4) is 0 Å². The standard InChI is InChI=1S/C26H33N3O4/c1-17(2)33-21-8-10-24(32-16-21)26(30)29-14-19-5-3-11-27-25(19)28-22-9-7-18(13-23(22)29)20-6-4-12-31-15-20/h3,5,7,9,11,13,17,20-21,24H,4,6,8,10,12,14-16H2,1-2H3,(H,27,28)/t20?,21-,24?/m0/s1. The van der Waals surface area contributed by atoms with E-state index in [2.05, 4.69) is 28.5 Å². The average Bonchev–Trinajstić information content (AvgIpc) is 3.00. The molecule has 0 radical (unpaired) electrons. The molecule has 2 saturated heterocycles. The smallest absolute Gasteiger partial charge is 0.256 e. The fourth-order valence-electron chi connectivity index (χ4n) is 4.98. The lowest BCUT2D eigenvalue weighted by atomic mass is 9.92. The molecule has 1 N–H and O–H groups in total. The van der Waals surface area contributed by atoms with Crippen LogP contribution in [0.2, 0.25) is 0 Å². The molecule has 7 nitrogen and oxygen atoms in total. The predicted molar refractivity (Wildman–Crippen MR) is 127 cm³/mol. The Kier molecular flexibility index (Phi) is 6.62. The number of carbonyl (C=O) groups is 1. The van der Waals surface area contributed by atoms with Gasteiger partial charge in [0.1, 0.15) is 11.9 Å². The summed E-state index contributed by atoms with van der Waals surface area (Å²) in [5, 5.41) is 3.45. The SMILES string of the molecule is CC(C)O[C@H]1CCC(C(=O)N2Cc3cccnc3Nc3ccc(C4CCCOC4)cc32)OC1. The van der Waals surface area contributed by atoms with Gasteiger partial charge in [-0.25, -0.2) is 4.98 Å². The maximum absolute atomic E-state index is 13.8. The number of anilines is 3. The lowest BCUT2D eigenvalue weighted by Gasteiger charge is -2.33. The minimum absolute atomic E-state index is 0.00482. The molecule has 0 aliphatic carbocycles. The number of nitrogens with zero attached hydrogens (tertiary/aromatic N) is 2. The number of carbonyl (C=O) groups excluding carboxylic acids is 1. The topological polar surface area (TPSA) is 72.9 Å². The highest BCUT2D eigenvalue weighted by atomic mass is 16.5. The van der Waals surface area contributed by atoms with Gasteiger partial charge >= 0.3 is 0 Å². The van der Waals surface area contributed by atoms with Crippen molar-refractivity contribution in [2.75, 3.05) is 30.0 Å². The quantitative estimate of drug-likeness (QED) is 0.736. The Morgan fingerprint density at radius 2 is 2.12 bits per heavy atom. The molecule has 0 saturated carbocycles. The van der Waals surface area contributed by atoms with E-state index in [-0.39, 0.29) is 18.1 Å². The third kappa shape index (κ3) is 4.90. The Balaban J connectivity index is 1.43. The summed E-state index contributed by atoms with van der Waals surface area (Å²) in [6.45, 7) is 6.52. The molecular formula is C26H33N3O4. The molecule has 3 aliphatic rings. The van der Waals surface area contributed by atoms with Gasteiger partial charge in [0, 0.05) is 24.3 Å². The largest absolute Gasteiger partial charge is 0.381 e. The van der Waals surface area contributed by atoms with Crippen LogP contribution in [0.5, 0.6) is 0 Å². The molecule has 176 valence electrons. The van der Waals surface area contributed by atoms with Crippen molar-refractivity contribution in [2.24, 2.45) is 0 Å². The highest BCUT2D eigenvalue weighted by Gasteiger charge is 2.34. The van der Waals surface area contributed by atoms with Crippen molar-refractivity contribution >= 4 is 23.1 Å². The van der Waals surface area contributed by atoms with E-state index in [0.717, 1.165) is 55.2 Å². The molecule has 1 aromatic carbocycles. The molecule has 0 bridgehead atoms. The molecule has 2 fully saturated rings. The molecule has 7 heteroatoms. The Bertz CT molecular complexity index is 981. The van der Waals surface area contributed by atoms with Gasteiger partial charge in [-0.2, -0.15) is 0 Å². The number of benzene rings is 1. The first-order valence-electron chi connectivity index (χ1n) is 12.1. The van der Waals surface area contributed by atoms with Gasteiger partial charge in [-0.05, 0) is 63.3 Å². The highest BCUT2D eigenvalue weighted by Crippen LogP contribution is 2.39. The Morgan fingerprint density at radius 3 is 2.88 bits per heavy atom. The molecule has 5 rings (SSSR count). The van der Waals surface area contributed by atoms with Gasteiger partial charge in [0.25, 0.3) is 5.91 Å². The first-order valence-corrected chi connectivity index (χ1v) is 12.1. The zero-order chi connectivity index (χ0) is 22.8. The van der Waals surface area contributed by atoms with E-state index < -0.39 is 6.10 Å². The molecule has 1 amide bonds. The number of pyridine rings is 1. The molecule has 3 atom stereocenters. The lowest BCUT2D eigenvalue weighted by Crippen LogP contribution is -2.44. The Hall–Kier alpha value is -2.48. The van der Waals surface area contributed by atoms with Crippen molar-refractivity contribution in [1.29, 1.82) is 0 Å². The van der Waals surface area contributed by atoms with Crippen LogP contribution in [0.15, 0.2) is 36.5 Å². The molecule has 4 heterocycles. The van der Waals surface area contributed by atoms with E-state index in [1.54, 1.807) is 6.20 Å². The second-order valence-electron chi connectivity index (χ2n) is 9.46.